The molecule has 0 spiro atoms. The Labute approximate surface area is 158 Å². The number of para-hydroxylation sites is 1. The van der Waals surface area contributed by atoms with E-state index in [1.165, 1.54) is 0 Å². The first-order valence-corrected chi connectivity index (χ1v) is 8.88. The van der Waals surface area contributed by atoms with Gasteiger partial charge in [-0.1, -0.05) is 31.5 Å². The zero-order chi connectivity index (χ0) is 19.8. The Morgan fingerprint density at radius 1 is 0.926 bits per heavy atom. The number of unbranched alkanes of at least 4 members (excludes halogenated alkanes) is 1. The van der Waals surface area contributed by atoms with Crippen molar-refractivity contribution < 1.29 is 19.1 Å². The van der Waals surface area contributed by atoms with Gasteiger partial charge in [0.1, 0.15) is 0 Å². The maximum atomic E-state index is 12.2. The number of carbonyl (C=O) groups is 3. The smallest absolute Gasteiger partial charge is 0.340 e. The highest BCUT2D eigenvalue weighted by Crippen LogP contribution is 2.17. The lowest BCUT2D eigenvalue weighted by molar-refractivity contribution is -0.133. The summed E-state index contributed by atoms with van der Waals surface area (Å²) in [5, 5.41) is 5.03. The number of ether oxygens (including phenoxy) is 1. The SMILES string of the molecule is CCCCOC(=O)c1ccccc1NC(=O)C(=O)Nc1ccc(C)c(C)c1. The molecular formula is C21H24N2O4. The summed E-state index contributed by atoms with van der Waals surface area (Å²) >= 11 is 0. The molecule has 6 heteroatoms. The van der Waals surface area contributed by atoms with Crippen molar-refractivity contribution in [1.82, 2.24) is 0 Å². The van der Waals surface area contributed by atoms with Gasteiger partial charge < -0.3 is 15.4 Å². The second-order valence-electron chi connectivity index (χ2n) is 6.24. The van der Waals surface area contributed by atoms with Gasteiger partial charge in [0, 0.05) is 5.69 Å². The Hall–Kier alpha value is -3.15. The fraction of sp³-hybridized carbons (Fsp3) is 0.286. The summed E-state index contributed by atoms with van der Waals surface area (Å²) in [6, 6.07) is 11.8. The standard InChI is InChI=1S/C21H24N2O4/c1-4-5-12-27-21(26)17-8-6-7-9-18(17)23-20(25)19(24)22-16-11-10-14(2)15(3)13-16/h6-11,13H,4-5,12H2,1-3H3,(H,22,24)(H,23,25). The highest BCUT2D eigenvalue weighted by molar-refractivity contribution is 6.44. The summed E-state index contributed by atoms with van der Waals surface area (Å²) in [6.45, 7) is 6.19. The van der Waals surface area contributed by atoms with Gasteiger partial charge in [-0.25, -0.2) is 4.79 Å². The highest BCUT2D eigenvalue weighted by Gasteiger charge is 2.19. The maximum Gasteiger partial charge on any atom is 0.340 e. The van der Waals surface area contributed by atoms with Crippen LogP contribution in [0.3, 0.4) is 0 Å². The predicted octanol–water partition coefficient (Wildman–Crippen LogP) is 3.84. The van der Waals surface area contributed by atoms with Crippen LogP contribution in [0.4, 0.5) is 11.4 Å². The van der Waals surface area contributed by atoms with Gasteiger partial charge in [-0.15, -0.1) is 0 Å². The average molecular weight is 368 g/mol. The number of amides is 2. The monoisotopic (exact) mass is 368 g/mol. The number of hydrogen-bond acceptors (Lipinski definition) is 4. The first kappa shape index (κ1) is 20.2. The normalized spacial score (nSPS) is 10.2. The molecule has 0 unspecified atom stereocenters. The van der Waals surface area contributed by atoms with Gasteiger partial charge >= 0.3 is 17.8 Å². The molecule has 0 aliphatic rings. The van der Waals surface area contributed by atoms with Gasteiger partial charge in [0.2, 0.25) is 0 Å². The van der Waals surface area contributed by atoms with E-state index in [2.05, 4.69) is 10.6 Å². The number of carbonyl (C=O) groups excluding carboxylic acids is 3. The maximum absolute atomic E-state index is 12.2. The van der Waals surface area contributed by atoms with Crippen LogP contribution in [0.2, 0.25) is 0 Å². The molecule has 0 saturated heterocycles. The molecule has 0 aliphatic carbocycles. The molecule has 6 nitrogen and oxygen atoms in total. The minimum atomic E-state index is -0.859. The minimum Gasteiger partial charge on any atom is -0.462 e. The predicted molar refractivity (Wildman–Crippen MR) is 105 cm³/mol. The third-order valence-electron chi connectivity index (χ3n) is 4.10. The Morgan fingerprint density at radius 3 is 2.33 bits per heavy atom. The zero-order valence-corrected chi connectivity index (χ0v) is 15.8. The molecule has 2 rings (SSSR count). The van der Waals surface area contributed by atoms with Crippen molar-refractivity contribution in [3.8, 4) is 0 Å². The summed E-state index contributed by atoms with van der Waals surface area (Å²) in [6.07, 6.45) is 1.67. The van der Waals surface area contributed by atoms with Crippen LogP contribution in [0, 0.1) is 13.8 Å². The fourth-order valence-corrected chi connectivity index (χ4v) is 2.34. The Balaban J connectivity index is 2.05. The molecule has 0 fully saturated rings. The molecule has 2 amide bonds. The number of rotatable bonds is 6. The summed E-state index contributed by atoms with van der Waals surface area (Å²) in [5.74, 6) is -2.21. The van der Waals surface area contributed by atoms with Crippen LogP contribution in [0.1, 0.15) is 41.3 Å². The lowest BCUT2D eigenvalue weighted by Gasteiger charge is -2.11. The van der Waals surface area contributed by atoms with Crippen molar-refractivity contribution in [1.29, 1.82) is 0 Å². The molecule has 2 N–H and O–H groups in total. The van der Waals surface area contributed by atoms with Crippen LogP contribution >= 0.6 is 0 Å². The third-order valence-corrected chi connectivity index (χ3v) is 4.10. The van der Waals surface area contributed by atoms with Gasteiger partial charge in [0.15, 0.2) is 0 Å². The highest BCUT2D eigenvalue weighted by atomic mass is 16.5. The van der Waals surface area contributed by atoms with Crippen LogP contribution in [0.15, 0.2) is 42.5 Å². The van der Waals surface area contributed by atoms with E-state index in [0.717, 1.165) is 24.0 Å². The summed E-state index contributed by atoms with van der Waals surface area (Å²) in [4.78, 5) is 36.6. The van der Waals surface area contributed by atoms with E-state index in [4.69, 9.17) is 4.74 Å². The van der Waals surface area contributed by atoms with Crippen LogP contribution in [0.25, 0.3) is 0 Å². The molecule has 0 bridgehead atoms. The number of anilines is 2. The topological polar surface area (TPSA) is 84.5 Å². The van der Waals surface area contributed by atoms with Gasteiger partial charge in [-0.3, -0.25) is 9.59 Å². The molecule has 0 heterocycles. The zero-order valence-electron chi connectivity index (χ0n) is 15.8. The van der Waals surface area contributed by atoms with Gasteiger partial charge in [-0.05, 0) is 55.7 Å². The van der Waals surface area contributed by atoms with Crippen molar-refractivity contribution in [2.45, 2.75) is 33.6 Å². The number of nitrogens with one attached hydrogen (secondary N) is 2. The van der Waals surface area contributed by atoms with Crippen molar-refractivity contribution >= 4 is 29.2 Å². The average Bonchev–Trinajstić information content (AvgIpc) is 2.65. The Morgan fingerprint density at radius 2 is 1.63 bits per heavy atom. The number of benzene rings is 2. The van der Waals surface area contributed by atoms with Crippen molar-refractivity contribution in [2.24, 2.45) is 0 Å². The molecule has 0 aromatic heterocycles. The third kappa shape index (κ3) is 5.67. The Kier molecular flexibility index (Phi) is 7.11. The van der Waals surface area contributed by atoms with Crippen LogP contribution in [-0.2, 0) is 14.3 Å². The van der Waals surface area contributed by atoms with Gasteiger partial charge in [0.05, 0.1) is 17.9 Å². The van der Waals surface area contributed by atoms with E-state index in [-0.39, 0.29) is 11.3 Å². The first-order valence-electron chi connectivity index (χ1n) is 8.88. The van der Waals surface area contributed by atoms with Gasteiger partial charge in [0.25, 0.3) is 0 Å². The number of aryl methyl sites for hydroxylation is 2. The van der Waals surface area contributed by atoms with Crippen LogP contribution in [-0.4, -0.2) is 24.4 Å². The lowest BCUT2D eigenvalue weighted by atomic mass is 10.1. The van der Waals surface area contributed by atoms with E-state index < -0.39 is 17.8 Å². The molecule has 0 radical (unpaired) electrons. The molecular weight excluding hydrogens is 344 g/mol. The summed E-state index contributed by atoms with van der Waals surface area (Å²) in [5.41, 5.74) is 3.08. The molecule has 2 aromatic carbocycles. The van der Waals surface area contributed by atoms with Crippen molar-refractivity contribution in [3.63, 3.8) is 0 Å². The lowest BCUT2D eigenvalue weighted by Crippen LogP contribution is -2.29. The molecule has 0 aliphatic heterocycles. The van der Waals surface area contributed by atoms with E-state index >= 15 is 0 Å². The molecule has 0 saturated carbocycles. The van der Waals surface area contributed by atoms with Crippen molar-refractivity contribution in [3.05, 3.63) is 59.2 Å². The largest absolute Gasteiger partial charge is 0.462 e. The van der Waals surface area contributed by atoms with E-state index in [1.54, 1.807) is 36.4 Å². The number of hydrogen-bond donors (Lipinski definition) is 2. The number of esters is 1. The van der Waals surface area contributed by atoms with E-state index in [1.807, 2.05) is 26.8 Å². The molecule has 142 valence electrons. The summed E-state index contributed by atoms with van der Waals surface area (Å²) in [7, 11) is 0. The molecule has 0 atom stereocenters. The second-order valence-corrected chi connectivity index (χ2v) is 6.24. The molecule has 2 aromatic rings. The first-order chi connectivity index (χ1) is 12.9. The van der Waals surface area contributed by atoms with E-state index in [9.17, 15) is 14.4 Å². The van der Waals surface area contributed by atoms with Crippen molar-refractivity contribution in [2.75, 3.05) is 17.2 Å². The Bertz CT molecular complexity index is 846. The summed E-state index contributed by atoms with van der Waals surface area (Å²) < 4.78 is 5.18. The van der Waals surface area contributed by atoms with Gasteiger partial charge in [-0.2, -0.15) is 0 Å². The quantitative estimate of drug-likeness (QED) is 0.461. The van der Waals surface area contributed by atoms with E-state index in [0.29, 0.717) is 12.3 Å². The van der Waals surface area contributed by atoms with Crippen LogP contribution < -0.4 is 10.6 Å². The minimum absolute atomic E-state index is 0.209. The molecule has 27 heavy (non-hydrogen) atoms. The second kappa shape index (κ2) is 9.52. The van der Waals surface area contributed by atoms with Crippen LogP contribution in [0.5, 0.6) is 0 Å². The fourth-order valence-electron chi connectivity index (χ4n) is 2.34.